The van der Waals surface area contributed by atoms with Gasteiger partial charge in [-0.1, -0.05) is 40.0 Å². The van der Waals surface area contributed by atoms with Crippen molar-refractivity contribution in [1.29, 1.82) is 0 Å². The highest BCUT2D eigenvalue weighted by atomic mass is 15.1. The Morgan fingerprint density at radius 2 is 1.64 bits per heavy atom. The Balaban J connectivity index is 0. The first-order valence-corrected chi connectivity index (χ1v) is 5.84. The third-order valence-electron chi connectivity index (χ3n) is 1.82. The molecule has 84 valence electrons. The third kappa shape index (κ3) is 9.61. The van der Waals surface area contributed by atoms with Crippen molar-refractivity contribution in [1.82, 2.24) is 4.90 Å². The number of rotatable bonds is 4. The summed E-state index contributed by atoms with van der Waals surface area (Å²) < 4.78 is 0. The summed E-state index contributed by atoms with van der Waals surface area (Å²) in [6.45, 7) is 15.0. The maximum Gasteiger partial charge on any atom is 0.0685 e. The highest BCUT2D eigenvalue weighted by molar-refractivity contribution is 5.04. The quantitative estimate of drug-likeness (QED) is 0.623. The summed E-state index contributed by atoms with van der Waals surface area (Å²) in [5.74, 6) is 6.11. The zero-order valence-electron chi connectivity index (χ0n) is 10.9. The molecule has 0 aromatic carbocycles. The van der Waals surface area contributed by atoms with Gasteiger partial charge >= 0.3 is 0 Å². The van der Waals surface area contributed by atoms with E-state index in [1.165, 1.54) is 12.8 Å². The predicted octanol–water partition coefficient (Wildman–Crippen LogP) is 3.55. The molecule has 1 nitrogen and oxygen atoms in total. The maximum atomic E-state index is 3.16. The molecule has 0 bridgehead atoms. The van der Waals surface area contributed by atoms with Crippen LogP contribution in [-0.2, 0) is 0 Å². The molecule has 0 amide bonds. The van der Waals surface area contributed by atoms with Crippen LogP contribution in [0.15, 0.2) is 0 Å². The van der Waals surface area contributed by atoms with E-state index in [-0.39, 0.29) is 0 Å². The van der Waals surface area contributed by atoms with Gasteiger partial charge in [-0.05, 0) is 33.4 Å². The molecular formula is C13H27N. The fraction of sp³-hybridized carbons (Fsp3) is 0.846. The third-order valence-corrected chi connectivity index (χ3v) is 1.82. The van der Waals surface area contributed by atoms with Gasteiger partial charge < -0.3 is 0 Å². The van der Waals surface area contributed by atoms with E-state index in [2.05, 4.69) is 51.4 Å². The van der Waals surface area contributed by atoms with Crippen LogP contribution < -0.4 is 0 Å². The first-order chi connectivity index (χ1) is 6.67. The van der Waals surface area contributed by atoms with Crippen molar-refractivity contribution in [3.63, 3.8) is 0 Å². The summed E-state index contributed by atoms with van der Waals surface area (Å²) in [5, 5.41) is 0. The Bertz CT molecular complexity index is 152. The lowest BCUT2D eigenvalue weighted by atomic mass is 10.2. The molecule has 0 heterocycles. The lowest BCUT2D eigenvalue weighted by Gasteiger charge is -2.22. The molecule has 0 aliphatic heterocycles. The minimum Gasteiger partial charge on any atom is -0.290 e. The van der Waals surface area contributed by atoms with Crippen LogP contribution in [0.25, 0.3) is 0 Å². The van der Waals surface area contributed by atoms with Gasteiger partial charge in [0.05, 0.1) is 6.04 Å². The molecule has 14 heavy (non-hydrogen) atoms. The highest BCUT2D eigenvalue weighted by Crippen LogP contribution is 1.98. The SMILES string of the molecule is CC#CC(C)N(CC)CCC.CCC. The van der Waals surface area contributed by atoms with Crippen molar-refractivity contribution < 1.29 is 0 Å². The maximum absolute atomic E-state index is 3.16. The van der Waals surface area contributed by atoms with E-state index < -0.39 is 0 Å². The van der Waals surface area contributed by atoms with Gasteiger partial charge in [-0.3, -0.25) is 4.90 Å². The average Bonchev–Trinajstić information content (AvgIpc) is 2.15. The monoisotopic (exact) mass is 197 g/mol. The smallest absolute Gasteiger partial charge is 0.0685 e. The molecule has 0 aliphatic carbocycles. The molecule has 0 aromatic heterocycles. The second kappa shape index (κ2) is 12.5. The summed E-state index contributed by atoms with van der Waals surface area (Å²) in [6.07, 6.45) is 2.46. The molecule has 1 atom stereocenters. The molecule has 0 rings (SSSR count). The Hall–Kier alpha value is -0.480. The molecule has 0 radical (unpaired) electrons. The zero-order valence-corrected chi connectivity index (χ0v) is 10.9. The Morgan fingerprint density at radius 1 is 1.14 bits per heavy atom. The van der Waals surface area contributed by atoms with E-state index in [9.17, 15) is 0 Å². The average molecular weight is 197 g/mol. The van der Waals surface area contributed by atoms with Crippen LogP contribution >= 0.6 is 0 Å². The second-order valence-electron chi connectivity index (χ2n) is 3.41. The van der Waals surface area contributed by atoms with Crippen molar-refractivity contribution in [2.45, 2.75) is 60.4 Å². The van der Waals surface area contributed by atoms with Crippen LogP contribution in [-0.4, -0.2) is 24.0 Å². The van der Waals surface area contributed by atoms with E-state index in [0.717, 1.165) is 13.1 Å². The number of hydrogen-bond donors (Lipinski definition) is 0. The van der Waals surface area contributed by atoms with Gasteiger partial charge in [0.1, 0.15) is 0 Å². The topological polar surface area (TPSA) is 3.24 Å². The second-order valence-corrected chi connectivity index (χ2v) is 3.41. The van der Waals surface area contributed by atoms with Crippen LogP contribution in [0.1, 0.15) is 54.4 Å². The van der Waals surface area contributed by atoms with Gasteiger partial charge in [-0.2, -0.15) is 0 Å². The lowest BCUT2D eigenvalue weighted by molar-refractivity contribution is 0.261. The first-order valence-electron chi connectivity index (χ1n) is 5.84. The molecule has 0 aliphatic rings. The summed E-state index contributed by atoms with van der Waals surface area (Å²) in [5.41, 5.74) is 0. The van der Waals surface area contributed by atoms with E-state index in [1.807, 2.05) is 6.92 Å². The van der Waals surface area contributed by atoms with Crippen LogP contribution in [0.3, 0.4) is 0 Å². The molecule has 0 fully saturated rings. The molecule has 1 unspecified atom stereocenters. The van der Waals surface area contributed by atoms with Crippen LogP contribution in [0, 0.1) is 11.8 Å². The number of nitrogens with zero attached hydrogens (tertiary/aromatic N) is 1. The minimum absolute atomic E-state index is 0.421. The van der Waals surface area contributed by atoms with Gasteiger partial charge in [0.25, 0.3) is 0 Å². The van der Waals surface area contributed by atoms with Crippen molar-refractivity contribution >= 4 is 0 Å². The molecule has 1 heteroatoms. The fourth-order valence-corrected chi connectivity index (χ4v) is 1.21. The van der Waals surface area contributed by atoms with Gasteiger partial charge in [-0.15, -0.1) is 5.92 Å². The first kappa shape index (κ1) is 16.0. The van der Waals surface area contributed by atoms with Crippen molar-refractivity contribution in [2.75, 3.05) is 13.1 Å². The highest BCUT2D eigenvalue weighted by Gasteiger charge is 2.06. The number of hydrogen-bond acceptors (Lipinski definition) is 1. The lowest BCUT2D eigenvalue weighted by Crippen LogP contribution is -2.32. The van der Waals surface area contributed by atoms with Crippen LogP contribution in [0.5, 0.6) is 0 Å². The van der Waals surface area contributed by atoms with E-state index in [1.54, 1.807) is 0 Å². The Morgan fingerprint density at radius 3 is 1.93 bits per heavy atom. The Kier molecular flexibility index (Phi) is 14.3. The summed E-state index contributed by atoms with van der Waals surface area (Å²) >= 11 is 0. The summed E-state index contributed by atoms with van der Waals surface area (Å²) in [4.78, 5) is 2.39. The van der Waals surface area contributed by atoms with Crippen LogP contribution in [0.2, 0.25) is 0 Å². The normalized spacial score (nSPS) is 11.1. The van der Waals surface area contributed by atoms with Gasteiger partial charge in [0, 0.05) is 0 Å². The summed E-state index contributed by atoms with van der Waals surface area (Å²) in [6, 6.07) is 0.421. The summed E-state index contributed by atoms with van der Waals surface area (Å²) in [7, 11) is 0. The zero-order chi connectivity index (χ0) is 11.4. The molecule has 0 aromatic rings. The standard InChI is InChI=1S/C10H19N.C3H8/c1-5-8-10(4)11(7-3)9-6-2;1-3-2/h10H,6-7,9H2,1-4H3;3H2,1-2H3. The Labute approximate surface area is 90.9 Å². The molecular weight excluding hydrogens is 170 g/mol. The largest absolute Gasteiger partial charge is 0.290 e. The minimum atomic E-state index is 0.421. The molecule has 0 N–H and O–H groups in total. The molecule has 0 saturated heterocycles. The van der Waals surface area contributed by atoms with Crippen molar-refractivity contribution in [3.8, 4) is 11.8 Å². The van der Waals surface area contributed by atoms with Gasteiger partial charge in [-0.25, -0.2) is 0 Å². The van der Waals surface area contributed by atoms with Crippen molar-refractivity contribution in [3.05, 3.63) is 0 Å². The van der Waals surface area contributed by atoms with Crippen LogP contribution in [0.4, 0.5) is 0 Å². The van der Waals surface area contributed by atoms with E-state index in [4.69, 9.17) is 0 Å². The van der Waals surface area contributed by atoms with Gasteiger partial charge in [0.15, 0.2) is 0 Å². The predicted molar refractivity (Wildman–Crippen MR) is 66.4 cm³/mol. The van der Waals surface area contributed by atoms with Crippen molar-refractivity contribution in [2.24, 2.45) is 0 Å². The molecule has 0 saturated carbocycles. The van der Waals surface area contributed by atoms with E-state index >= 15 is 0 Å². The fourth-order valence-electron chi connectivity index (χ4n) is 1.21. The molecule has 0 spiro atoms. The van der Waals surface area contributed by atoms with E-state index in [0.29, 0.717) is 6.04 Å². The van der Waals surface area contributed by atoms with Gasteiger partial charge in [0.2, 0.25) is 0 Å².